The van der Waals surface area contributed by atoms with Crippen molar-refractivity contribution in [1.29, 1.82) is 0 Å². The van der Waals surface area contributed by atoms with Gasteiger partial charge in [-0.05, 0) is 40.2 Å². The van der Waals surface area contributed by atoms with Crippen LogP contribution in [-0.2, 0) is 25.7 Å². The smallest absolute Gasteiger partial charge is 0.408 e. The number of aliphatic hydroxyl groups excluding tert-OH is 1. The predicted molar refractivity (Wildman–Crippen MR) is 109 cm³/mol. The van der Waals surface area contributed by atoms with Crippen LogP contribution in [-0.4, -0.2) is 58.1 Å². The number of carbonyl (C=O) groups excluding carboxylic acids is 3. The standard InChI is InChI=1S/C21H32N2O7/c1-20(2,3)30-19(27)22-15(18(26)23-16(12-24)21(4,5)28)11-17(25)29-13-14-9-7-6-8-10-14/h6-10,15-16,24,28H,11-13H2,1-5H3,(H,22,27)(H,23,26). The minimum Gasteiger partial charge on any atom is -0.461 e. The van der Waals surface area contributed by atoms with Gasteiger partial charge in [-0.15, -0.1) is 0 Å². The van der Waals surface area contributed by atoms with E-state index in [0.29, 0.717) is 0 Å². The van der Waals surface area contributed by atoms with E-state index in [0.717, 1.165) is 5.56 Å². The van der Waals surface area contributed by atoms with Gasteiger partial charge >= 0.3 is 12.1 Å². The second-order valence-electron chi connectivity index (χ2n) is 8.45. The third-order valence-electron chi connectivity index (χ3n) is 3.97. The van der Waals surface area contributed by atoms with Crippen LogP contribution in [0.1, 0.15) is 46.6 Å². The molecule has 0 aliphatic carbocycles. The lowest BCUT2D eigenvalue weighted by Crippen LogP contribution is -2.57. The zero-order valence-corrected chi connectivity index (χ0v) is 18.1. The summed E-state index contributed by atoms with van der Waals surface area (Å²) in [4.78, 5) is 37.0. The van der Waals surface area contributed by atoms with Gasteiger partial charge in [-0.25, -0.2) is 4.79 Å². The zero-order chi connectivity index (χ0) is 22.9. The minimum absolute atomic E-state index is 0.0172. The van der Waals surface area contributed by atoms with E-state index in [2.05, 4.69) is 10.6 Å². The fourth-order valence-corrected chi connectivity index (χ4v) is 2.34. The van der Waals surface area contributed by atoms with Crippen molar-refractivity contribution in [1.82, 2.24) is 10.6 Å². The molecule has 0 aliphatic rings. The van der Waals surface area contributed by atoms with Crippen LogP contribution in [0.25, 0.3) is 0 Å². The Hall–Kier alpha value is -2.65. The Labute approximate surface area is 176 Å². The predicted octanol–water partition coefficient (Wildman–Crippen LogP) is 1.26. The Morgan fingerprint density at radius 1 is 1.03 bits per heavy atom. The van der Waals surface area contributed by atoms with Gasteiger partial charge in [0.25, 0.3) is 0 Å². The summed E-state index contributed by atoms with van der Waals surface area (Å²) in [7, 11) is 0. The number of amides is 2. The first kappa shape index (κ1) is 25.4. The number of rotatable bonds is 9. The van der Waals surface area contributed by atoms with Crippen LogP contribution in [0.15, 0.2) is 30.3 Å². The monoisotopic (exact) mass is 424 g/mol. The van der Waals surface area contributed by atoms with Crippen LogP contribution in [0.5, 0.6) is 0 Å². The van der Waals surface area contributed by atoms with E-state index in [1.54, 1.807) is 45.0 Å². The van der Waals surface area contributed by atoms with Crippen LogP contribution >= 0.6 is 0 Å². The second-order valence-corrected chi connectivity index (χ2v) is 8.45. The highest BCUT2D eigenvalue weighted by Crippen LogP contribution is 2.11. The summed E-state index contributed by atoms with van der Waals surface area (Å²) >= 11 is 0. The third kappa shape index (κ3) is 9.71. The van der Waals surface area contributed by atoms with E-state index in [1.165, 1.54) is 13.8 Å². The first-order chi connectivity index (χ1) is 13.8. The minimum atomic E-state index is -1.42. The van der Waals surface area contributed by atoms with E-state index in [9.17, 15) is 24.6 Å². The van der Waals surface area contributed by atoms with Gasteiger partial charge in [-0.2, -0.15) is 0 Å². The van der Waals surface area contributed by atoms with E-state index in [1.807, 2.05) is 6.07 Å². The number of nitrogens with one attached hydrogen (secondary N) is 2. The highest BCUT2D eigenvalue weighted by molar-refractivity contribution is 5.89. The van der Waals surface area contributed by atoms with E-state index in [4.69, 9.17) is 9.47 Å². The lowest BCUT2D eigenvalue weighted by atomic mass is 9.99. The average molecular weight is 424 g/mol. The Kier molecular flexibility index (Phi) is 9.25. The Balaban J connectivity index is 2.83. The van der Waals surface area contributed by atoms with E-state index < -0.39 is 54.3 Å². The molecule has 0 fully saturated rings. The fraction of sp³-hybridized carbons (Fsp3) is 0.571. The van der Waals surface area contributed by atoms with E-state index in [-0.39, 0.29) is 6.61 Å². The number of ether oxygens (including phenoxy) is 2. The second kappa shape index (κ2) is 10.9. The molecular formula is C21H32N2O7. The molecule has 9 heteroatoms. The third-order valence-corrected chi connectivity index (χ3v) is 3.97. The van der Waals surface area contributed by atoms with Gasteiger partial charge in [-0.1, -0.05) is 30.3 Å². The fourth-order valence-electron chi connectivity index (χ4n) is 2.34. The molecule has 0 bridgehead atoms. The number of carbonyl (C=O) groups is 3. The highest BCUT2D eigenvalue weighted by Gasteiger charge is 2.33. The maximum absolute atomic E-state index is 12.7. The van der Waals surface area contributed by atoms with Crippen molar-refractivity contribution in [2.75, 3.05) is 6.61 Å². The molecule has 1 aromatic rings. The summed E-state index contributed by atoms with van der Waals surface area (Å²) in [5.74, 6) is -1.47. The summed E-state index contributed by atoms with van der Waals surface area (Å²) in [6.45, 7) is 7.29. The SMILES string of the molecule is CC(C)(C)OC(=O)NC(CC(=O)OCc1ccccc1)C(=O)NC(CO)C(C)(C)O. The number of benzene rings is 1. The summed E-state index contributed by atoms with van der Waals surface area (Å²) in [5, 5.41) is 24.3. The molecule has 9 nitrogen and oxygen atoms in total. The molecular weight excluding hydrogens is 392 g/mol. The van der Waals surface area contributed by atoms with Gasteiger partial charge in [-0.3, -0.25) is 9.59 Å². The van der Waals surface area contributed by atoms with Crippen molar-refractivity contribution >= 4 is 18.0 Å². The van der Waals surface area contributed by atoms with Crippen molar-refractivity contribution in [3.05, 3.63) is 35.9 Å². The Bertz CT molecular complexity index is 708. The first-order valence-electron chi connectivity index (χ1n) is 9.64. The van der Waals surface area contributed by atoms with Crippen molar-refractivity contribution in [3.63, 3.8) is 0 Å². The number of hydrogen-bond donors (Lipinski definition) is 4. The number of esters is 1. The van der Waals surface area contributed by atoms with Gasteiger partial charge < -0.3 is 30.3 Å². The quantitative estimate of drug-likeness (QED) is 0.439. The molecule has 0 spiro atoms. The number of hydrogen-bond acceptors (Lipinski definition) is 7. The zero-order valence-electron chi connectivity index (χ0n) is 18.1. The van der Waals surface area contributed by atoms with Crippen molar-refractivity contribution in [2.24, 2.45) is 0 Å². The molecule has 0 aliphatic heterocycles. The van der Waals surface area contributed by atoms with E-state index >= 15 is 0 Å². The molecule has 2 atom stereocenters. The summed E-state index contributed by atoms with van der Waals surface area (Å²) in [5.41, 5.74) is -1.46. The van der Waals surface area contributed by atoms with Gasteiger partial charge in [0.05, 0.1) is 24.7 Å². The largest absolute Gasteiger partial charge is 0.461 e. The van der Waals surface area contributed by atoms with Crippen molar-refractivity contribution < 1.29 is 34.1 Å². The Morgan fingerprint density at radius 3 is 2.13 bits per heavy atom. The van der Waals surface area contributed by atoms with Crippen molar-refractivity contribution in [3.8, 4) is 0 Å². The van der Waals surface area contributed by atoms with Crippen molar-refractivity contribution in [2.45, 2.75) is 70.9 Å². The topological polar surface area (TPSA) is 134 Å². The summed E-state index contributed by atoms with van der Waals surface area (Å²) in [6.07, 6.45) is -1.34. The number of aliphatic hydroxyl groups is 2. The van der Waals surface area contributed by atoms with Crippen LogP contribution in [0.2, 0.25) is 0 Å². The maximum atomic E-state index is 12.7. The van der Waals surface area contributed by atoms with Crippen LogP contribution < -0.4 is 10.6 Å². The maximum Gasteiger partial charge on any atom is 0.408 e. The van der Waals surface area contributed by atoms with Crippen LogP contribution in [0.4, 0.5) is 4.79 Å². The molecule has 168 valence electrons. The molecule has 2 unspecified atom stereocenters. The normalized spacial score (nSPS) is 13.7. The highest BCUT2D eigenvalue weighted by atomic mass is 16.6. The molecule has 0 aromatic heterocycles. The lowest BCUT2D eigenvalue weighted by molar-refractivity contribution is -0.147. The van der Waals surface area contributed by atoms with Gasteiger partial charge in [0, 0.05) is 0 Å². The molecule has 2 amide bonds. The first-order valence-corrected chi connectivity index (χ1v) is 9.64. The summed E-state index contributed by atoms with van der Waals surface area (Å²) in [6, 6.07) is 6.67. The van der Waals surface area contributed by atoms with Crippen LogP contribution in [0, 0.1) is 0 Å². The number of alkyl carbamates (subject to hydrolysis) is 1. The summed E-state index contributed by atoms with van der Waals surface area (Å²) < 4.78 is 10.3. The van der Waals surface area contributed by atoms with Gasteiger partial charge in [0.2, 0.25) is 5.91 Å². The molecule has 0 heterocycles. The van der Waals surface area contributed by atoms with Crippen LogP contribution in [0.3, 0.4) is 0 Å². The average Bonchev–Trinajstić information content (AvgIpc) is 2.62. The molecule has 4 N–H and O–H groups in total. The molecule has 0 saturated carbocycles. The molecule has 1 rings (SSSR count). The Morgan fingerprint density at radius 2 is 1.63 bits per heavy atom. The molecule has 1 aromatic carbocycles. The lowest BCUT2D eigenvalue weighted by Gasteiger charge is -2.30. The van der Waals surface area contributed by atoms with Gasteiger partial charge in [0.1, 0.15) is 18.2 Å². The van der Waals surface area contributed by atoms with Gasteiger partial charge in [0.15, 0.2) is 0 Å². The molecule has 0 radical (unpaired) electrons. The molecule has 0 saturated heterocycles. The molecule has 30 heavy (non-hydrogen) atoms.